The van der Waals surface area contributed by atoms with Gasteiger partial charge in [-0.05, 0) is 36.4 Å². The van der Waals surface area contributed by atoms with Crippen LogP contribution in [-0.4, -0.2) is 51.3 Å². The van der Waals surface area contributed by atoms with Gasteiger partial charge in [0, 0.05) is 23.1 Å². The molecule has 1 saturated heterocycles. The van der Waals surface area contributed by atoms with Gasteiger partial charge in [0.25, 0.3) is 5.91 Å². The minimum atomic E-state index is -0.344. The van der Waals surface area contributed by atoms with Crippen molar-refractivity contribution in [3.63, 3.8) is 0 Å². The molecule has 7 nitrogen and oxygen atoms in total. The quantitative estimate of drug-likeness (QED) is 0.798. The molecular formula is C20H19Cl2N3O4. The monoisotopic (exact) mass is 435 g/mol. The van der Waals surface area contributed by atoms with Gasteiger partial charge in [0.1, 0.15) is 12.3 Å². The van der Waals surface area contributed by atoms with Crippen molar-refractivity contribution >= 4 is 52.1 Å². The number of carbonyl (C=O) groups excluding carboxylic acids is 2. The number of rotatable bonds is 4. The van der Waals surface area contributed by atoms with Crippen LogP contribution in [0, 0.1) is 0 Å². The average molecular weight is 436 g/mol. The summed E-state index contributed by atoms with van der Waals surface area (Å²) in [4.78, 5) is 28.7. The van der Waals surface area contributed by atoms with Gasteiger partial charge >= 0.3 is 0 Å². The summed E-state index contributed by atoms with van der Waals surface area (Å²) in [6, 6.07) is 10.3. The lowest BCUT2D eigenvalue weighted by Crippen LogP contribution is -2.43. The van der Waals surface area contributed by atoms with Crippen LogP contribution in [-0.2, 0) is 14.3 Å². The van der Waals surface area contributed by atoms with Gasteiger partial charge in [0.05, 0.1) is 30.3 Å². The first-order valence-electron chi connectivity index (χ1n) is 9.16. The van der Waals surface area contributed by atoms with E-state index in [1.165, 1.54) is 4.90 Å². The molecule has 0 radical (unpaired) electrons. The van der Waals surface area contributed by atoms with Crippen LogP contribution in [0.5, 0.6) is 5.75 Å². The van der Waals surface area contributed by atoms with Gasteiger partial charge in [-0.25, -0.2) is 0 Å². The number of amides is 2. The molecule has 9 heteroatoms. The van der Waals surface area contributed by atoms with Gasteiger partial charge in [-0.2, -0.15) is 0 Å². The Labute approximate surface area is 178 Å². The average Bonchev–Trinajstić information content (AvgIpc) is 2.71. The number of morpholine rings is 1. The van der Waals surface area contributed by atoms with Crippen LogP contribution >= 0.6 is 23.2 Å². The van der Waals surface area contributed by atoms with Crippen LogP contribution in [0.2, 0.25) is 10.0 Å². The Kier molecular flexibility index (Phi) is 5.80. The van der Waals surface area contributed by atoms with Crippen LogP contribution in [0.4, 0.5) is 17.1 Å². The van der Waals surface area contributed by atoms with Gasteiger partial charge < -0.3 is 19.7 Å². The van der Waals surface area contributed by atoms with Gasteiger partial charge in [0.2, 0.25) is 5.91 Å². The predicted molar refractivity (Wildman–Crippen MR) is 112 cm³/mol. The standard InChI is InChI=1S/C20H19Cl2N3O4/c21-13-1-3-16(24-5-7-28-8-6-24)15(9-13)23-19(26)11-25-17-10-14(22)2-4-18(17)29-12-20(25)27/h1-4,9-10H,5-8,11-12H2,(H,23,26). The number of nitrogens with one attached hydrogen (secondary N) is 1. The van der Waals surface area contributed by atoms with Crippen molar-refractivity contribution in [2.24, 2.45) is 0 Å². The van der Waals surface area contributed by atoms with Crippen molar-refractivity contribution < 1.29 is 19.1 Å². The summed E-state index contributed by atoms with van der Waals surface area (Å²) in [5.74, 6) is -0.143. The van der Waals surface area contributed by atoms with E-state index in [1.54, 1.807) is 30.3 Å². The topological polar surface area (TPSA) is 71.1 Å². The number of halogens is 2. The molecule has 0 bridgehead atoms. The molecule has 2 amide bonds. The van der Waals surface area contributed by atoms with Crippen molar-refractivity contribution in [2.75, 3.05) is 54.6 Å². The van der Waals surface area contributed by atoms with Crippen molar-refractivity contribution in [3.05, 3.63) is 46.4 Å². The first-order chi connectivity index (χ1) is 14.0. The Bertz CT molecular complexity index is 947. The second-order valence-corrected chi connectivity index (χ2v) is 7.56. The highest BCUT2D eigenvalue weighted by molar-refractivity contribution is 6.31. The van der Waals surface area contributed by atoms with Crippen molar-refractivity contribution in [2.45, 2.75) is 0 Å². The minimum Gasteiger partial charge on any atom is -0.482 e. The number of hydrogen-bond acceptors (Lipinski definition) is 5. The molecule has 2 aliphatic heterocycles. The fourth-order valence-electron chi connectivity index (χ4n) is 3.37. The number of carbonyl (C=O) groups is 2. The third-order valence-electron chi connectivity index (χ3n) is 4.75. The van der Waals surface area contributed by atoms with E-state index in [9.17, 15) is 9.59 Å². The second kappa shape index (κ2) is 8.49. The van der Waals surface area contributed by atoms with Crippen LogP contribution in [0.15, 0.2) is 36.4 Å². The molecule has 2 aromatic rings. The number of benzene rings is 2. The fraction of sp³-hybridized carbons (Fsp3) is 0.300. The first kappa shape index (κ1) is 19.8. The van der Waals surface area contributed by atoms with Crippen LogP contribution in [0.1, 0.15) is 0 Å². The number of hydrogen-bond donors (Lipinski definition) is 1. The molecule has 0 atom stereocenters. The minimum absolute atomic E-state index is 0.127. The summed E-state index contributed by atoms with van der Waals surface area (Å²) >= 11 is 12.2. The van der Waals surface area contributed by atoms with E-state index in [2.05, 4.69) is 10.2 Å². The molecule has 2 aliphatic rings. The highest BCUT2D eigenvalue weighted by Gasteiger charge is 2.28. The SMILES string of the molecule is O=C(CN1C(=O)COc2ccc(Cl)cc21)Nc1cc(Cl)ccc1N1CCOCC1. The second-order valence-electron chi connectivity index (χ2n) is 6.69. The van der Waals surface area contributed by atoms with E-state index >= 15 is 0 Å². The Hall–Kier alpha value is -2.48. The van der Waals surface area contributed by atoms with Gasteiger partial charge in [0.15, 0.2) is 6.61 Å². The smallest absolute Gasteiger partial charge is 0.265 e. The summed E-state index contributed by atoms with van der Waals surface area (Å²) in [7, 11) is 0. The zero-order chi connectivity index (χ0) is 20.4. The third-order valence-corrected chi connectivity index (χ3v) is 5.22. The maximum atomic E-state index is 12.8. The lowest BCUT2D eigenvalue weighted by molar-refractivity contribution is -0.123. The third kappa shape index (κ3) is 4.42. The molecule has 4 rings (SSSR count). The number of fused-ring (bicyclic) bond motifs is 1. The maximum Gasteiger partial charge on any atom is 0.265 e. The molecule has 1 N–H and O–H groups in total. The zero-order valence-corrected chi connectivity index (χ0v) is 17.0. The van der Waals surface area contributed by atoms with E-state index in [0.717, 1.165) is 18.8 Å². The molecule has 2 aromatic carbocycles. The Balaban J connectivity index is 1.54. The lowest BCUT2D eigenvalue weighted by atomic mass is 10.2. The number of anilines is 3. The summed E-state index contributed by atoms with van der Waals surface area (Å²) in [5, 5.41) is 3.85. The molecule has 2 heterocycles. The molecular weight excluding hydrogens is 417 g/mol. The lowest BCUT2D eigenvalue weighted by Gasteiger charge is -2.31. The van der Waals surface area contributed by atoms with Crippen LogP contribution in [0.3, 0.4) is 0 Å². The van der Waals surface area contributed by atoms with Crippen molar-refractivity contribution in [1.82, 2.24) is 0 Å². The van der Waals surface area contributed by atoms with E-state index in [4.69, 9.17) is 32.7 Å². The molecule has 0 aliphatic carbocycles. The molecule has 0 aromatic heterocycles. The fourth-order valence-corrected chi connectivity index (χ4v) is 3.71. The van der Waals surface area contributed by atoms with Crippen molar-refractivity contribution in [1.29, 1.82) is 0 Å². The maximum absolute atomic E-state index is 12.8. The summed E-state index contributed by atoms with van der Waals surface area (Å²) in [6.45, 7) is 2.39. The Morgan fingerprint density at radius 2 is 1.76 bits per heavy atom. The molecule has 0 unspecified atom stereocenters. The number of nitrogens with zero attached hydrogens (tertiary/aromatic N) is 2. The molecule has 0 spiro atoms. The van der Waals surface area contributed by atoms with Crippen LogP contribution in [0.25, 0.3) is 0 Å². The highest BCUT2D eigenvalue weighted by atomic mass is 35.5. The van der Waals surface area contributed by atoms with Crippen molar-refractivity contribution in [3.8, 4) is 5.75 Å². The summed E-state index contributed by atoms with van der Waals surface area (Å²) in [5.41, 5.74) is 1.93. The Morgan fingerprint density at radius 1 is 1.03 bits per heavy atom. The summed E-state index contributed by atoms with van der Waals surface area (Å²) in [6.07, 6.45) is 0. The van der Waals surface area contributed by atoms with Gasteiger partial charge in [-0.1, -0.05) is 23.2 Å². The largest absolute Gasteiger partial charge is 0.482 e. The Morgan fingerprint density at radius 3 is 2.55 bits per heavy atom. The van der Waals surface area contributed by atoms with Gasteiger partial charge in [-0.3, -0.25) is 14.5 Å². The normalized spacial score (nSPS) is 16.3. The predicted octanol–water partition coefficient (Wildman–Crippen LogP) is 3.19. The first-order valence-corrected chi connectivity index (χ1v) is 9.91. The van der Waals surface area contributed by atoms with Gasteiger partial charge in [-0.15, -0.1) is 0 Å². The molecule has 29 heavy (non-hydrogen) atoms. The highest BCUT2D eigenvalue weighted by Crippen LogP contribution is 2.35. The molecule has 0 saturated carbocycles. The molecule has 1 fully saturated rings. The molecule has 152 valence electrons. The van der Waals surface area contributed by atoms with E-state index < -0.39 is 0 Å². The van der Waals surface area contributed by atoms with E-state index in [1.807, 2.05) is 6.07 Å². The summed E-state index contributed by atoms with van der Waals surface area (Å²) < 4.78 is 10.8. The van der Waals surface area contributed by atoms with E-state index in [-0.39, 0.29) is 25.0 Å². The number of ether oxygens (including phenoxy) is 2. The van der Waals surface area contributed by atoms with E-state index in [0.29, 0.717) is 40.4 Å². The zero-order valence-electron chi connectivity index (χ0n) is 15.5. The van der Waals surface area contributed by atoms with Crippen LogP contribution < -0.4 is 19.9 Å².